The van der Waals surface area contributed by atoms with Crippen LogP contribution in [0.1, 0.15) is 49.1 Å². The smallest absolute Gasteiger partial charge is 0.292 e. The lowest BCUT2D eigenvalue weighted by molar-refractivity contribution is -0.127. The van der Waals surface area contributed by atoms with E-state index in [0.717, 1.165) is 45.3 Å². The molecule has 0 radical (unpaired) electrons. The van der Waals surface area contributed by atoms with E-state index in [0.29, 0.717) is 17.1 Å². The van der Waals surface area contributed by atoms with Gasteiger partial charge in [0, 0.05) is 31.6 Å². The second kappa shape index (κ2) is 5.65. The number of hydrogen-bond acceptors (Lipinski definition) is 4. The van der Waals surface area contributed by atoms with Crippen molar-refractivity contribution in [3.8, 4) is 0 Å². The van der Waals surface area contributed by atoms with Crippen molar-refractivity contribution in [1.82, 2.24) is 15.4 Å². The van der Waals surface area contributed by atoms with E-state index in [9.17, 15) is 9.59 Å². The molecule has 4 rings (SSSR count). The molecule has 6 nitrogen and oxygen atoms in total. The molecular weight excluding hydrogens is 294 g/mol. The van der Waals surface area contributed by atoms with Crippen LogP contribution in [0.15, 0.2) is 16.8 Å². The lowest BCUT2D eigenvalue weighted by Crippen LogP contribution is -2.40. The Kier molecular flexibility index (Phi) is 3.62. The Morgan fingerprint density at radius 2 is 2.13 bits per heavy atom. The summed E-state index contributed by atoms with van der Waals surface area (Å²) in [5, 5.41) is 6.73. The number of nitrogens with one attached hydrogen (secondary N) is 1. The summed E-state index contributed by atoms with van der Waals surface area (Å²) in [6, 6.07) is 1.61. The molecule has 3 aliphatic rings. The summed E-state index contributed by atoms with van der Waals surface area (Å²) in [5.74, 6) is 1.37. The first-order chi connectivity index (χ1) is 11.2. The van der Waals surface area contributed by atoms with Crippen LogP contribution in [0.4, 0.5) is 0 Å². The minimum atomic E-state index is -0.0622. The topological polar surface area (TPSA) is 75.4 Å². The summed E-state index contributed by atoms with van der Waals surface area (Å²) in [4.78, 5) is 26.0. The molecule has 1 aromatic heterocycles. The molecule has 2 heterocycles. The molecular formula is C17H23N3O3. The molecule has 6 heteroatoms. The third kappa shape index (κ3) is 2.75. The predicted octanol–water partition coefficient (Wildman–Crippen LogP) is 1.83. The normalized spacial score (nSPS) is 25.9. The summed E-state index contributed by atoms with van der Waals surface area (Å²) in [7, 11) is 0. The van der Waals surface area contributed by atoms with Gasteiger partial charge in [-0.2, -0.15) is 0 Å². The molecule has 1 aliphatic heterocycles. The fourth-order valence-corrected chi connectivity index (χ4v) is 4.01. The van der Waals surface area contributed by atoms with E-state index in [4.69, 9.17) is 4.52 Å². The summed E-state index contributed by atoms with van der Waals surface area (Å²) in [6.45, 7) is 2.35. The van der Waals surface area contributed by atoms with Crippen molar-refractivity contribution < 1.29 is 14.1 Å². The Morgan fingerprint density at radius 3 is 2.74 bits per heavy atom. The van der Waals surface area contributed by atoms with E-state index in [1.807, 2.05) is 4.90 Å². The zero-order chi connectivity index (χ0) is 15.9. The van der Waals surface area contributed by atoms with Crippen LogP contribution in [0.5, 0.6) is 0 Å². The van der Waals surface area contributed by atoms with E-state index in [1.54, 1.807) is 6.07 Å². The van der Waals surface area contributed by atoms with Gasteiger partial charge in [-0.1, -0.05) is 11.6 Å². The van der Waals surface area contributed by atoms with Crippen molar-refractivity contribution in [1.29, 1.82) is 0 Å². The van der Waals surface area contributed by atoms with Crippen LogP contribution in [-0.4, -0.2) is 41.5 Å². The van der Waals surface area contributed by atoms with E-state index in [2.05, 4.69) is 10.5 Å². The number of likely N-dealkylation sites (tertiary alicyclic amines) is 1. The van der Waals surface area contributed by atoms with Crippen molar-refractivity contribution in [2.75, 3.05) is 19.6 Å². The van der Waals surface area contributed by atoms with Crippen LogP contribution in [-0.2, 0) is 4.79 Å². The predicted molar refractivity (Wildman–Crippen MR) is 82.5 cm³/mol. The van der Waals surface area contributed by atoms with Crippen molar-refractivity contribution in [2.24, 2.45) is 17.3 Å². The first-order valence-corrected chi connectivity index (χ1v) is 8.66. The minimum absolute atomic E-state index is 0.0622. The van der Waals surface area contributed by atoms with Crippen LogP contribution >= 0.6 is 0 Å². The quantitative estimate of drug-likeness (QED) is 0.919. The standard InChI is InChI=1S/C17H23N3O3/c21-15(12-2-1-3-12)18-11-13-10-17(13)5-8-20(9-6-17)16(22)14-4-7-19-23-14/h4,7,12-13H,1-3,5-6,8-11H2,(H,18,21). The Hall–Kier alpha value is -1.85. The molecule has 2 aliphatic carbocycles. The molecule has 1 spiro atoms. The van der Waals surface area contributed by atoms with Crippen LogP contribution in [0.2, 0.25) is 0 Å². The maximum atomic E-state index is 12.2. The number of carbonyl (C=O) groups excluding carboxylic acids is 2. The number of carbonyl (C=O) groups is 2. The second-order valence-corrected chi connectivity index (χ2v) is 7.31. The van der Waals surface area contributed by atoms with Crippen molar-refractivity contribution in [2.45, 2.75) is 38.5 Å². The molecule has 1 unspecified atom stereocenters. The van der Waals surface area contributed by atoms with Crippen LogP contribution in [0.25, 0.3) is 0 Å². The molecule has 1 N–H and O–H groups in total. The largest absolute Gasteiger partial charge is 0.356 e. The van der Waals surface area contributed by atoms with Crippen LogP contribution in [0.3, 0.4) is 0 Å². The molecule has 124 valence electrons. The van der Waals surface area contributed by atoms with Gasteiger partial charge in [0.2, 0.25) is 11.7 Å². The minimum Gasteiger partial charge on any atom is -0.356 e. The first-order valence-electron chi connectivity index (χ1n) is 8.66. The molecule has 2 saturated carbocycles. The highest BCUT2D eigenvalue weighted by Crippen LogP contribution is 2.59. The SMILES string of the molecule is O=C(NCC1CC12CCN(C(=O)c1ccno1)CC2)C1CCC1. The lowest BCUT2D eigenvalue weighted by atomic mass is 9.84. The number of amides is 2. The number of hydrogen-bond donors (Lipinski definition) is 1. The van der Waals surface area contributed by atoms with Gasteiger partial charge in [-0.15, -0.1) is 0 Å². The Balaban J connectivity index is 1.24. The zero-order valence-electron chi connectivity index (χ0n) is 13.3. The summed E-state index contributed by atoms with van der Waals surface area (Å²) >= 11 is 0. The molecule has 1 atom stereocenters. The Labute approximate surface area is 135 Å². The van der Waals surface area contributed by atoms with E-state index >= 15 is 0 Å². The van der Waals surface area contributed by atoms with Gasteiger partial charge in [0.05, 0.1) is 6.20 Å². The molecule has 23 heavy (non-hydrogen) atoms. The summed E-state index contributed by atoms with van der Waals surface area (Å²) in [6.07, 6.45) is 8.04. The maximum Gasteiger partial charge on any atom is 0.292 e. The van der Waals surface area contributed by atoms with Crippen molar-refractivity contribution in [3.05, 3.63) is 18.0 Å². The van der Waals surface area contributed by atoms with Gasteiger partial charge >= 0.3 is 0 Å². The molecule has 0 bridgehead atoms. The summed E-state index contributed by atoms with van der Waals surface area (Å²) in [5.41, 5.74) is 0.352. The highest BCUT2D eigenvalue weighted by Gasteiger charge is 2.55. The molecule has 2 amide bonds. The van der Waals surface area contributed by atoms with Crippen LogP contribution in [0, 0.1) is 17.3 Å². The number of aromatic nitrogens is 1. The zero-order valence-corrected chi connectivity index (χ0v) is 13.3. The molecule has 0 aromatic carbocycles. The van der Waals surface area contributed by atoms with Gasteiger partial charge in [-0.05, 0) is 43.4 Å². The third-order valence-corrected chi connectivity index (χ3v) is 6.05. The average Bonchev–Trinajstić information content (AvgIpc) is 2.94. The first kappa shape index (κ1) is 14.7. The van der Waals surface area contributed by atoms with Crippen molar-refractivity contribution >= 4 is 11.8 Å². The van der Waals surface area contributed by atoms with Gasteiger partial charge in [0.15, 0.2) is 0 Å². The van der Waals surface area contributed by atoms with Gasteiger partial charge in [0.25, 0.3) is 5.91 Å². The highest BCUT2D eigenvalue weighted by molar-refractivity contribution is 5.91. The van der Waals surface area contributed by atoms with Gasteiger partial charge in [-0.25, -0.2) is 0 Å². The van der Waals surface area contributed by atoms with E-state index < -0.39 is 0 Å². The molecule has 1 aromatic rings. The Morgan fingerprint density at radius 1 is 1.35 bits per heavy atom. The fourth-order valence-electron chi connectivity index (χ4n) is 4.01. The third-order valence-electron chi connectivity index (χ3n) is 6.05. The molecule has 3 fully saturated rings. The van der Waals surface area contributed by atoms with Gasteiger partial charge in [0.1, 0.15) is 0 Å². The van der Waals surface area contributed by atoms with Crippen molar-refractivity contribution in [3.63, 3.8) is 0 Å². The maximum absolute atomic E-state index is 12.2. The fraction of sp³-hybridized carbons (Fsp3) is 0.706. The van der Waals surface area contributed by atoms with Crippen LogP contribution < -0.4 is 5.32 Å². The summed E-state index contributed by atoms with van der Waals surface area (Å²) < 4.78 is 4.95. The molecule has 1 saturated heterocycles. The lowest BCUT2D eigenvalue weighted by Gasteiger charge is -2.32. The number of piperidine rings is 1. The van der Waals surface area contributed by atoms with E-state index in [-0.39, 0.29) is 17.7 Å². The number of rotatable bonds is 4. The monoisotopic (exact) mass is 317 g/mol. The van der Waals surface area contributed by atoms with E-state index in [1.165, 1.54) is 19.0 Å². The highest BCUT2D eigenvalue weighted by atomic mass is 16.5. The number of nitrogens with zero attached hydrogens (tertiary/aromatic N) is 2. The second-order valence-electron chi connectivity index (χ2n) is 7.31. The van der Waals surface area contributed by atoms with Gasteiger partial charge in [-0.3, -0.25) is 9.59 Å². The van der Waals surface area contributed by atoms with Gasteiger partial charge < -0.3 is 14.7 Å². The average molecular weight is 317 g/mol. The Bertz CT molecular complexity index is 586.